The summed E-state index contributed by atoms with van der Waals surface area (Å²) in [5.74, 6) is 0.653. The molecule has 0 atom stereocenters. The molecule has 3 heterocycles. The van der Waals surface area contributed by atoms with Gasteiger partial charge in [-0.25, -0.2) is 4.98 Å². The number of methoxy groups -OCH3 is 2. The fourth-order valence-electron chi connectivity index (χ4n) is 2.13. The summed E-state index contributed by atoms with van der Waals surface area (Å²) in [5, 5.41) is 4.99. The maximum absolute atomic E-state index is 5.35. The number of ether oxygens (including phenoxy) is 2. The summed E-state index contributed by atoms with van der Waals surface area (Å²) < 4.78 is 10.2. The predicted molar refractivity (Wildman–Crippen MR) is 98.1 cm³/mol. The fraction of sp³-hybridized carbons (Fsp3) is 0.235. The summed E-state index contributed by atoms with van der Waals surface area (Å²) in [7, 11) is 3.00. The molecule has 0 spiro atoms. The molecule has 9 heteroatoms. The molecule has 0 bridgehead atoms. The van der Waals surface area contributed by atoms with E-state index < -0.39 is 0 Å². The zero-order valence-corrected chi connectivity index (χ0v) is 15.6. The van der Waals surface area contributed by atoms with Gasteiger partial charge in [0.2, 0.25) is 11.8 Å². The molecule has 3 aromatic rings. The third kappa shape index (κ3) is 3.94. The highest BCUT2D eigenvalue weighted by atomic mass is 32.1. The molecule has 3 aromatic heterocycles. The van der Waals surface area contributed by atoms with Gasteiger partial charge in [0, 0.05) is 18.0 Å². The van der Waals surface area contributed by atoms with Crippen molar-refractivity contribution in [1.29, 1.82) is 0 Å². The molecule has 0 saturated heterocycles. The lowest BCUT2D eigenvalue weighted by molar-refractivity contribution is 0.290. The first kappa shape index (κ1) is 17.7. The van der Waals surface area contributed by atoms with Gasteiger partial charge in [-0.3, -0.25) is 4.98 Å². The van der Waals surface area contributed by atoms with E-state index in [-0.39, 0.29) is 6.01 Å². The number of hydrogen-bond acceptors (Lipinski definition) is 9. The summed E-state index contributed by atoms with van der Waals surface area (Å²) in [6, 6.07) is 5.43. The van der Waals surface area contributed by atoms with E-state index in [4.69, 9.17) is 14.3 Å². The number of nitrogens with zero attached hydrogens (tertiary/aromatic N) is 5. The van der Waals surface area contributed by atoms with Crippen LogP contribution in [0.15, 0.2) is 35.7 Å². The number of aryl methyl sites for hydroxylation is 1. The Morgan fingerprint density at radius 2 is 1.85 bits per heavy atom. The van der Waals surface area contributed by atoms with Crippen molar-refractivity contribution in [2.75, 3.05) is 14.2 Å². The van der Waals surface area contributed by atoms with Crippen LogP contribution in [0.25, 0.3) is 10.6 Å². The number of rotatable bonds is 6. The number of thiazole rings is 1. The molecule has 0 aliphatic carbocycles. The Morgan fingerprint density at radius 1 is 1.12 bits per heavy atom. The summed E-state index contributed by atoms with van der Waals surface area (Å²) >= 11 is 1.52. The Morgan fingerprint density at radius 3 is 2.46 bits per heavy atom. The molecular weight excluding hydrogens is 354 g/mol. The molecule has 3 rings (SSSR count). The highest BCUT2D eigenvalue weighted by Gasteiger charge is 2.13. The van der Waals surface area contributed by atoms with Gasteiger partial charge in [0.1, 0.15) is 5.01 Å². The number of pyridine rings is 1. The fourth-order valence-corrected chi connectivity index (χ4v) is 3.12. The smallest absolute Gasteiger partial charge is 0.352 e. The minimum absolute atomic E-state index is 0.0372. The minimum Gasteiger partial charge on any atom is -0.481 e. The van der Waals surface area contributed by atoms with Gasteiger partial charge in [-0.15, -0.1) is 11.3 Å². The molecule has 0 fully saturated rings. The van der Waals surface area contributed by atoms with E-state index in [1.165, 1.54) is 25.6 Å². The lowest BCUT2D eigenvalue weighted by Gasteiger charge is -2.04. The molecule has 0 amide bonds. The van der Waals surface area contributed by atoms with Crippen LogP contribution >= 0.6 is 11.3 Å². The average molecular weight is 371 g/mol. The summed E-state index contributed by atoms with van der Waals surface area (Å²) in [4.78, 5) is 23.1. The van der Waals surface area contributed by atoms with E-state index in [2.05, 4.69) is 25.1 Å². The van der Waals surface area contributed by atoms with Crippen LogP contribution in [0, 0.1) is 6.92 Å². The molecule has 0 aromatic carbocycles. The van der Waals surface area contributed by atoms with Gasteiger partial charge >= 0.3 is 6.01 Å². The van der Waals surface area contributed by atoms with E-state index in [0.717, 1.165) is 21.1 Å². The molecule has 0 radical (unpaired) electrons. The predicted octanol–water partition coefficient (Wildman–Crippen LogP) is 3.12. The van der Waals surface area contributed by atoms with Crippen molar-refractivity contribution in [3.63, 3.8) is 0 Å². The second-order valence-corrected chi connectivity index (χ2v) is 6.18. The first-order chi connectivity index (χ1) is 12.6. The maximum atomic E-state index is 5.35. The Bertz CT molecular complexity index is 905. The highest BCUT2D eigenvalue weighted by molar-refractivity contribution is 7.17. The maximum Gasteiger partial charge on any atom is 0.352 e. The van der Waals surface area contributed by atoms with Crippen LogP contribution in [0.3, 0.4) is 0 Å². The number of oxime groups is 1. The summed E-state index contributed by atoms with van der Waals surface area (Å²) in [5.41, 5.74) is 2.49. The quantitative estimate of drug-likeness (QED) is 0.485. The van der Waals surface area contributed by atoms with Crippen molar-refractivity contribution in [2.24, 2.45) is 5.16 Å². The van der Waals surface area contributed by atoms with E-state index in [0.29, 0.717) is 17.5 Å². The van der Waals surface area contributed by atoms with Gasteiger partial charge < -0.3 is 14.3 Å². The Hall–Kier alpha value is -3.07. The Labute approximate surface area is 154 Å². The minimum atomic E-state index is 0.0372. The number of aromatic nitrogens is 4. The van der Waals surface area contributed by atoms with Gasteiger partial charge in [0.25, 0.3) is 0 Å². The molecule has 0 unspecified atom stereocenters. The third-order valence-electron chi connectivity index (χ3n) is 3.37. The van der Waals surface area contributed by atoms with Gasteiger partial charge in [-0.1, -0.05) is 5.16 Å². The highest BCUT2D eigenvalue weighted by Crippen LogP contribution is 2.28. The van der Waals surface area contributed by atoms with E-state index >= 15 is 0 Å². The topological polar surface area (TPSA) is 91.6 Å². The molecule has 134 valence electrons. The third-order valence-corrected chi connectivity index (χ3v) is 4.69. The van der Waals surface area contributed by atoms with Crippen LogP contribution in [0.2, 0.25) is 0 Å². The van der Waals surface area contributed by atoms with Crippen molar-refractivity contribution in [2.45, 2.75) is 13.8 Å². The van der Waals surface area contributed by atoms with E-state index in [9.17, 15) is 0 Å². The lowest BCUT2D eigenvalue weighted by Crippen LogP contribution is -2.01. The van der Waals surface area contributed by atoms with Crippen molar-refractivity contribution < 1.29 is 14.3 Å². The van der Waals surface area contributed by atoms with Crippen LogP contribution in [0.4, 0.5) is 0 Å². The Balaban J connectivity index is 1.83. The first-order valence-electron chi connectivity index (χ1n) is 7.67. The molecule has 8 nitrogen and oxygen atoms in total. The molecule has 0 aliphatic heterocycles. The van der Waals surface area contributed by atoms with Gasteiger partial charge in [-0.2, -0.15) is 9.97 Å². The largest absolute Gasteiger partial charge is 0.481 e. The summed E-state index contributed by atoms with van der Waals surface area (Å²) in [6.07, 6.45) is 3.51. The van der Waals surface area contributed by atoms with Gasteiger partial charge in [-0.05, 0) is 26.0 Å². The monoisotopic (exact) mass is 371 g/mol. The van der Waals surface area contributed by atoms with Gasteiger partial charge in [0.15, 0.2) is 0 Å². The van der Waals surface area contributed by atoms with Gasteiger partial charge in [0.05, 0.1) is 36.6 Å². The molecular formula is C17H17N5O3S. The Kier molecular flexibility index (Phi) is 5.37. The summed E-state index contributed by atoms with van der Waals surface area (Å²) in [6.45, 7) is 3.76. The van der Waals surface area contributed by atoms with Crippen LogP contribution in [-0.4, -0.2) is 39.9 Å². The second-order valence-electron chi connectivity index (χ2n) is 5.18. The van der Waals surface area contributed by atoms with Crippen molar-refractivity contribution in [3.05, 3.63) is 41.2 Å². The standard InChI is InChI=1S/C17H17N5O3S/c1-10-15(26-16(19-10)12-6-5-7-18-9-12)11(2)22-25-17-20-13(23-3)8-14(21-17)24-4/h5-9H,1-4H3. The zero-order valence-electron chi connectivity index (χ0n) is 14.8. The molecule has 26 heavy (non-hydrogen) atoms. The second kappa shape index (κ2) is 7.87. The number of hydrogen-bond donors (Lipinski definition) is 0. The zero-order chi connectivity index (χ0) is 18.5. The van der Waals surface area contributed by atoms with Crippen LogP contribution < -0.4 is 14.3 Å². The van der Waals surface area contributed by atoms with Crippen molar-refractivity contribution in [3.8, 4) is 28.3 Å². The average Bonchev–Trinajstić information content (AvgIpc) is 3.08. The molecule has 0 aliphatic rings. The van der Waals surface area contributed by atoms with Crippen molar-refractivity contribution >= 4 is 17.0 Å². The van der Waals surface area contributed by atoms with Crippen LogP contribution in [0.5, 0.6) is 17.8 Å². The van der Waals surface area contributed by atoms with Crippen LogP contribution in [0.1, 0.15) is 17.5 Å². The normalized spacial score (nSPS) is 11.3. The van der Waals surface area contributed by atoms with Crippen LogP contribution in [-0.2, 0) is 0 Å². The van der Waals surface area contributed by atoms with Crippen molar-refractivity contribution in [1.82, 2.24) is 19.9 Å². The van der Waals surface area contributed by atoms with E-state index in [1.54, 1.807) is 18.5 Å². The first-order valence-corrected chi connectivity index (χ1v) is 8.49. The lowest BCUT2D eigenvalue weighted by atomic mass is 10.3. The molecule has 0 N–H and O–H groups in total. The molecule has 0 saturated carbocycles. The van der Waals surface area contributed by atoms with E-state index in [1.807, 2.05) is 26.0 Å². The SMILES string of the molecule is COc1cc(OC)nc(ON=C(C)c2sc(-c3cccnc3)nc2C)n1.